The summed E-state index contributed by atoms with van der Waals surface area (Å²) in [7, 11) is 0. The first-order valence-electron chi connectivity index (χ1n) is 7.69. The molecular weight excluding hydrogens is 224 g/mol. The van der Waals surface area contributed by atoms with Crippen molar-refractivity contribution in [2.45, 2.75) is 70.9 Å². The van der Waals surface area contributed by atoms with E-state index in [2.05, 4.69) is 19.2 Å². The van der Waals surface area contributed by atoms with Crippen LogP contribution >= 0.6 is 0 Å². The molecule has 0 aliphatic heterocycles. The van der Waals surface area contributed by atoms with E-state index in [1.54, 1.807) is 0 Å². The van der Waals surface area contributed by atoms with Gasteiger partial charge in [-0.15, -0.1) is 0 Å². The largest absolute Gasteiger partial charge is 0.353 e. The Bertz CT molecular complexity index is 290. The summed E-state index contributed by atoms with van der Waals surface area (Å²) in [4.78, 5) is 12.3. The van der Waals surface area contributed by atoms with Crippen LogP contribution in [0.5, 0.6) is 0 Å². The zero-order chi connectivity index (χ0) is 13.1. The predicted octanol–water partition coefficient (Wildman–Crippen LogP) is 2.44. The molecule has 3 heteroatoms. The van der Waals surface area contributed by atoms with Gasteiger partial charge in [-0.25, -0.2) is 0 Å². The van der Waals surface area contributed by atoms with Crippen LogP contribution in [0.15, 0.2) is 0 Å². The van der Waals surface area contributed by atoms with Gasteiger partial charge in [0.2, 0.25) is 5.91 Å². The molecule has 0 aromatic carbocycles. The first kappa shape index (κ1) is 13.9. The number of nitrogens with one attached hydrogen (secondary N) is 1. The summed E-state index contributed by atoms with van der Waals surface area (Å²) >= 11 is 0. The highest BCUT2D eigenvalue weighted by Crippen LogP contribution is 2.47. The molecule has 5 atom stereocenters. The highest BCUT2D eigenvalue weighted by atomic mass is 16.2. The van der Waals surface area contributed by atoms with Gasteiger partial charge in [0.1, 0.15) is 0 Å². The van der Waals surface area contributed by atoms with Crippen LogP contribution in [0, 0.1) is 17.8 Å². The van der Waals surface area contributed by atoms with E-state index in [1.807, 2.05) is 0 Å². The highest BCUT2D eigenvalue weighted by molar-refractivity contribution is 5.80. The second-order valence-corrected chi connectivity index (χ2v) is 6.34. The third-order valence-electron chi connectivity index (χ3n) is 4.91. The lowest BCUT2D eigenvalue weighted by atomic mass is 9.84. The van der Waals surface area contributed by atoms with E-state index in [0.29, 0.717) is 17.9 Å². The van der Waals surface area contributed by atoms with E-state index < -0.39 is 0 Å². The Morgan fingerprint density at radius 2 is 2.06 bits per heavy atom. The fourth-order valence-corrected chi connectivity index (χ4v) is 3.84. The lowest BCUT2D eigenvalue weighted by Gasteiger charge is -2.28. The van der Waals surface area contributed by atoms with Crippen LogP contribution in [0.1, 0.15) is 58.8 Å². The second-order valence-electron chi connectivity index (χ2n) is 6.34. The van der Waals surface area contributed by atoms with Crippen LogP contribution in [0.2, 0.25) is 0 Å². The number of hydrogen-bond acceptors (Lipinski definition) is 2. The van der Waals surface area contributed by atoms with Crippen molar-refractivity contribution in [3.63, 3.8) is 0 Å². The Morgan fingerprint density at radius 3 is 2.67 bits per heavy atom. The Kier molecular flexibility index (Phi) is 4.66. The molecule has 2 rings (SSSR count). The molecular formula is C15H28N2O. The lowest BCUT2D eigenvalue weighted by Crippen LogP contribution is -2.47. The molecule has 104 valence electrons. The van der Waals surface area contributed by atoms with Gasteiger partial charge in [-0.05, 0) is 44.4 Å². The molecule has 18 heavy (non-hydrogen) atoms. The summed E-state index contributed by atoms with van der Waals surface area (Å²) in [5.41, 5.74) is 6.20. The van der Waals surface area contributed by atoms with Gasteiger partial charge in [-0.3, -0.25) is 4.79 Å². The monoisotopic (exact) mass is 252 g/mol. The molecule has 3 N–H and O–H groups in total. The number of amides is 1. The minimum absolute atomic E-state index is 0.0948. The Labute approximate surface area is 111 Å². The molecule has 0 heterocycles. The molecule has 1 amide bonds. The van der Waals surface area contributed by atoms with Crippen molar-refractivity contribution in [3.8, 4) is 0 Å². The third kappa shape index (κ3) is 2.87. The van der Waals surface area contributed by atoms with Crippen molar-refractivity contribution in [2.24, 2.45) is 23.5 Å². The molecule has 5 unspecified atom stereocenters. The van der Waals surface area contributed by atoms with Crippen molar-refractivity contribution < 1.29 is 4.79 Å². The van der Waals surface area contributed by atoms with E-state index >= 15 is 0 Å². The summed E-state index contributed by atoms with van der Waals surface area (Å²) in [5, 5.41) is 3.18. The molecule has 2 saturated carbocycles. The highest BCUT2D eigenvalue weighted by Gasteiger charge is 2.49. The molecule has 0 aromatic rings. The number of fused-ring (bicyclic) bond motifs is 2. The van der Waals surface area contributed by atoms with Gasteiger partial charge in [0.15, 0.2) is 0 Å². The normalized spacial score (nSPS) is 35.7. The Morgan fingerprint density at radius 1 is 1.33 bits per heavy atom. The van der Waals surface area contributed by atoms with Gasteiger partial charge in [-0.1, -0.05) is 26.2 Å². The van der Waals surface area contributed by atoms with Crippen LogP contribution in [-0.2, 0) is 4.79 Å². The van der Waals surface area contributed by atoms with Crippen LogP contribution in [-0.4, -0.2) is 18.0 Å². The first-order valence-corrected chi connectivity index (χ1v) is 7.69. The van der Waals surface area contributed by atoms with E-state index in [4.69, 9.17) is 5.73 Å². The number of carbonyl (C=O) groups is 1. The summed E-state index contributed by atoms with van der Waals surface area (Å²) in [5.74, 6) is 1.49. The number of carbonyl (C=O) groups excluding carboxylic acids is 1. The lowest BCUT2D eigenvalue weighted by molar-refractivity contribution is -0.127. The quantitative estimate of drug-likeness (QED) is 0.713. The molecule has 0 radical (unpaired) electrons. The number of unbranched alkanes of at least 4 members (excludes halogenated alkanes) is 2. The number of hydrogen-bond donors (Lipinski definition) is 2. The van der Waals surface area contributed by atoms with E-state index in [9.17, 15) is 4.79 Å². The standard InChI is InChI=1S/C15H28N2O/c1-3-4-5-6-10(2)17-15(18)13-11-7-8-12(9-11)14(13)16/h10-14H,3-9,16H2,1-2H3,(H,17,18). The number of nitrogens with two attached hydrogens (primary N) is 1. The molecule has 3 nitrogen and oxygen atoms in total. The topological polar surface area (TPSA) is 55.1 Å². The minimum atomic E-state index is 0.0948. The predicted molar refractivity (Wildman–Crippen MR) is 74.0 cm³/mol. The van der Waals surface area contributed by atoms with Crippen molar-refractivity contribution in [2.75, 3.05) is 0 Å². The minimum Gasteiger partial charge on any atom is -0.353 e. The molecule has 2 aliphatic rings. The van der Waals surface area contributed by atoms with Crippen molar-refractivity contribution in [1.82, 2.24) is 5.32 Å². The summed E-state index contributed by atoms with van der Waals surface area (Å²) in [6, 6.07) is 0.418. The molecule has 0 saturated heterocycles. The van der Waals surface area contributed by atoms with Gasteiger partial charge >= 0.3 is 0 Å². The van der Waals surface area contributed by atoms with Gasteiger partial charge in [0.05, 0.1) is 5.92 Å². The van der Waals surface area contributed by atoms with Crippen molar-refractivity contribution >= 4 is 5.91 Å². The van der Waals surface area contributed by atoms with Gasteiger partial charge in [0.25, 0.3) is 0 Å². The van der Waals surface area contributed by atoms with Crippen LogP contribution in [0.25, 0.3) is 0 Å². The maximum Gasteiger partial charge on any atom is 0.225 e. The van der Waals surface area contributed by atoms with Crippen molar-refractivity contribution in [3.05, 3.63) is 0 Å². The van der Waals surface area contributed by atoms with E-state index in [1.165, 1.54) is 38.5 Å². The average Bonchev–Trinajstić information content (AvgIpc) is 2.89. The molecule has 0 aromatic heterocycles. The zero-order valence-corrected chi connectivity index (χ0v) is 11.8. The van der Waals surface area contributed by atoms with Crippen LogP contribution in [0.4, 0.5) is 0 Å². The van der Waals surface area contributed by atoms with E-state index in [0.717, 1.165) is 6.42 Å². The SMILES string of the molecule is CCCCCC(C)NC(=O)C1C2CCC(C2)C1N. The summed E-state index contributed by atoms with van der Waals surface area (Å²) in [6.45, 7) is 4.32. The second kappa shape index (κ2) is 6.05. The fraction of sp³-hybridized carbons (Fsp3) is 0.933. The smallest absolute Gasteiger partial charge is 0.225 e. The Hall–Kier alpha value is -0.570. The fourth-order valence-electron chi connectivity index (χ4n) is 3.84. The molecule has 2 fully saturated rings. The first-order chi connectivity index (χ1) is 8.63. The van der Waals surface area contributed by atoms with Gasteiger partial charge < -0.3 is 11.1 Å². The van der Waals surface area contributed by atoms with Crippen LogP contribution < -0.4 is 11.1 Å². The summed E-state index contributed by atoms with van der Waals surface area (Å²) in [6.07, 6.45) is 8.42. The Balaban J connectivity index is 1.77. The molecule has 0 spiro atoms. The van der Waals surface area contributed by atoms with Gasteiger partial charge in [0, 0.05) is 12.1 Å². The third-order valence-corrected chi connectivity index (χ3v) is 4.91. The maximum absolute atomic E-state index is 12.3. The van der Waals surface area contributed by atoms with Crippen molar-refractivity contribution in [1.29, 1.82) is 0 Å². The number of rotatable bonds is 6. The molecule has 2 bridgehead atoms. The zero-order valence-electron chi connectivity index (χ0n) is 11.8. The maximum atomic E-state index is 12.3. The van der Waals surface area contributed by atoms with Crippen LogP contribution in [0.3, 0.4) is 0 Å². The summed E-state index contributed by atoms with van der Waals surface area (Å²) < 4.78 is 0. The molecule has 2 aliphatic carbocycles. The van der Waals surface area contributed by atoms with Gasteiger partial charge in [-0.2, -0.15) is 0 Å². The van der Waals surface area contributed by atoms with E-state index in [-0.39, 0.29) is 17.9 Å². The average molecular weight is 252 g/mol.